The molecule has 0 bridgehead atoms. The predicted octanol–water partition coefficient (Wildman–Crippen LogP) is 0.250. The van der Waals surface area contributed by atoms with E-state index in [9.17, 15) is 9.59 Å². The Balaban J connectivity index is 2.08. The molecule has 0 aromatic heterocycles. The van der Waals surface area contributed by atoms with E-state index in [-0.39, 0.29) is 11.9 Å². The molecular weight excluding hydrogens is 244 g/mol. The lowest BCUT2D eigenvalue weighted by atomic mass is 10.2. The number of urea groups is 1. The van der Waals surface area contributed by atoms with Crippen molar-refractivity contribution in [2.45, 2.75) is 25.7 Å². The second-order valence-electron chi connectivity index (χ2n) is 5.10. The number of carbonyl (C=O) groups is 2. The second-order valence-corrected chi connectivity index (χ2v) is 5.10. The number of nitrogens with one attached hydrogen (secondary N) is 2. The summed E-state index contributed by atoms with van der Waals surface area (Å²) in [7, 11) is 3.40. The molecule has 2 N–H and O–H groups in total. The molecule has 1 aliphatic rings. The highest BCUT2D eigenvalue weighted by Crippen LogP contribution is 2.09. The fourth-order valence-electron chi connectivity index (χ4n) is 2.04. The zero-order valence-electron chi connectivity index (χ0n) is 12.1. The molecule has 0 aromatic rings. The summed E-state index contributed by atoms with van der Waals surface area (Å²) in [5.74, 6) is 0.167. The fourth-order valence-corrected chi connectivity index (χ4v) is 2.04. The van der Waals surface area contributed by atoms with E-state index in [0.717, 1.165) is 25.9 Å². The van der Waals surface area contributed by atoms with Gasteiger partial charge in [0.15, 0.2) is 0 Å². The van der Waals surface area contributed by atoms with Gasteiger partial charge in [-0.2, -0.15) is 0 Å². The van der Waals surface area contributed by atoms with Crippen LogP contribution in [0.4, 0.5) is 4.79 Å². The van der Waals surface area contributed by atoms with Gasteiger partial charge in [-0.15, -0.1) is 0 Å². The third-order valence-corrected chi connectivity index (χ3v) is 3.22. The van der Waals surface area contributed by atoms with Crippen LogP contribution >= 0.6 is 0 Å². The van der Waals surface area contributed by atoms with E-state index < -0.39 is 0 Å². The lowest BCUT2D eigenvalue weighted by molar-refractivity contribution is -0.130. The molecule has 1 aliphatic heterocycles. The molecule has 0 unspecified atom stereocenters. The van der Waals surface area contributed by atoms with Crippen molar-refractivity contribution in [3.63, 3.8) is 0 Å². The van der Waals surface area contributed by atoms with Crippen molar-refractivity contribution in [1.29, 1.82) is 0 Å². The molecule has 6 heteroatoms. The van der Waals surface area contributed by atoms with E-state index in [4.69, 9.17) is 0 Å². The molecule has 0 spiro atoms. The Morgan fingerprint density at radius 2 is 1.68 bits per heavy atom. The summed E-state index contributed by atoms with van der Waals surface area (Å²) in [5, 5.41) is 5.82. The van der Waals surface area contributed by atoms with Crippen LogP contribution in [0.2, 0.25) is 0 Å². The average molecular weight is 270 g/mol. The van der Waals surface area contributed by atoms with E-state index in [1.165, 1.54) is 17.7 Å². The topological polar surface area (TPSA) is 64.7 Å². The number of hydrogen-bond acceptors (Lipinski definition) is 3. The molecule has 0 radical (unpaired) electrons. The van der Waals surface area contributed by atoms with Crippen LogP contribution in [0.3, 0.4) is 0 Å². The highest BCUT2D eigenvalue weighted by atomic mass is 16.2. The first-order valence-electron chi connectivity index (χ1n) is 7.05. The van der Waals surface area contributed by atoms with Gasteiger partial charge in [0, 0.05) is 40.3 Å². The van der Waals surface area contributed by atoms with Crippen molar-refractivity contribution < 1.29 is 9.59 Å². The van der Waals surface area contributed by atoms with Gasteiger partial charge in [-0.3, -0.25) is 4.79 Å². The average Bonchev–Trinajstić information content (AvgIpc) is 2.66. The third-order valence-electron chi connectivity index (χ3n) is 3.22. The quantitative estimate of drug-likeness (QED) is 0.704. The van der Waals surface area contributed by atoms with Crippen LogP contribution in [-0.4, -0.2) is 68.6 Å². The zero-order chi connectivity index (χ0) is 14.1. The Hall–Kier alpha value is -1.30. The predicted molar refractivity (Wildman–Crippen MR) is 75.0 cm³/mol. The highest BCUT2D eigenvalue weighted by Gasteiger charge is 2.14. The van der Waals surface area contributed by atoms with Crippen molar-refractivity contribution in [3.8, 4) is 0 Å². The first kappa shape index (κ1) is 15.8. The molecular formula is C13H26N4O2. The van der Waals surface area contributed by atoms with Crippen LogP contribution in [0.5, 0.6) is 0 Å². The van der Waals surface area contributed by atoms with Crippen LogP contribution < -0.4 is 10.6 Å². The Morgan fingerprint density at radius 1 is 1.05 bits per heavy atom. The lowest BCUT2D eigenvalue weighted by Gasteiger charge is -2.20. The smallest absolute Gasteiger partial charge is 0.316 e. The van der Waals surface area contributed by atoms with Crippen molar-refractivity contribution >= 4 is 11.9 Å². The molecule has 1 heterocycles. The number of nitrogens with zero attached hydrogens (tertiary/aromatic N) is 2. The molecule has 0 aromatic carbocycles. The number of carbonyl (C=O) groups excluding carboxylic acids is 2. The zero-order valence-corrected chi connectivity index (χ0v) is 12.1. The lowest BCUT2D eigenvalue weighted by Crippen LogP contribution is -2.42. The Labute approximate surface area is 115 Å². The van der Waals surface area contributed by atoms with Crippen LogP contribution in [0.1, 0.15) is 25.7 Å². The summed E-state index contributed by atoms with van der Waals surface area (Å²) in [6, 6.07) is -0.111. The molecule has 0 atom stereocenters. The standard InChI is InChI=1S/C13H26N4O2/c1-16(2)13(19)15-8-7-14-11-12(18)17-9-5-3-4-6-10-17/h14H,3-11H2,1-2H3,(H,15,19). The SMILES string of the molecule is CN(C)C(=O)NCCNCC(=O)N1CCCCCC1. The summed E-state index contributed by atoms with van der Waals surface area (Å²) >= 11 is 0. The number of rotatable bonds is 5. The van der Waals surface area contributed by atoms with Gasteiger partial charge in [-0.05, 0) is 12.8 Å². The van der Waals surface area contributed by atoms with E-state index in [1.807, 2.05) is 4.90 Å². The summed E-state index contributed by atoms with van der Waals surface area (Å²) < 4.78 is 0. The summed E-state index contributed by atoms with van der Waals surface area (Å²) in [4.78, 5) is 26.6. The summed E-state index contributed by atoms with van der Waals surface area (Å²) in [6.45, 7) is 3.27. The van der Waals surface area contributed by atoms with Crippen molar-refractivity contribution in [3.05, 3.63) is 0 Å². The van der Waals surface area contributed by atoms with Gasteiger partial charge in [0.25, 0.3) is 0 Å². The van der Waals surface area contributed by atoms with Crippen LogP contribution in [0.25, 0.3) is 0 Å². The maximum absolute atomic E-state index is 11.9. The first-order valence-corrected chi connectivity index (χ1v) is 7.05. The maximum atomic E-state index is 11.9. The van der Waals surface area contributed by atoms with E-state index in [2.05, 4.69) is 10.6 Å². The summed E-state index contributed by atoms with van der Waals surface area (Å²) in [5.41, 5.74) is 0. The Morgan fingerprint density at radius 3 is 2.26 bits per heavy atom. The van der Waals surface area contributed by atoms with Crippen molar-refractivity contribution in [2.75, 3.05) is 46.8 Å². The molecule has 1 fully saturated rings. The summed E-state index contributed by atoms with van der Waals surface area (Å²) in [6.07, 6.45) is 4.69. The maximum Gasteiger partial charge on any atom is 0.316 e. The molecule has 3 amide bonds. The molecule has 110 valence electrons. The molecule has 1 saturated heterocycles. The Kier molecular flexibility index (Phi) is 7.25. The van der Waals surface area contributed by atoms with E-state index in [1.54, 1.807) is 14.1 Å². The number of hydrogen-bond donors (Lipinski definition) is 2. The largest absolute Gasteiger partial charge is 0.342 e. The molecule has 19 heavy (non-hydrogen) atoms. The minimum atomic E-state index is -0.111. The van der Waals surface area contributed by atoms with Gasteiger partial charge < -0.3 is 20.4 Å². The van der Waals surface area contributed by atoms with Crippen LogP contribution in [0.15, 0.2) is 0 Å². The van der Waals surface area contributed by atoms with Gasteiger partial charge in [-0.1, -0.05) is 12.8 Å². The molecule has 0 saturated carbocycles. The highest BCUT2D eigenvalue weighted by molar-refractivity contribution is 5.78. The van der Waals surface area contributed by atoms with Gasteiger partial charge in [0.1, 0.15) is 0 Å². The second kappa shape index (κ2) is 8.74. The monoisotopic (exact) mass is 270 g/mol. The Bertz CT molecular complexity index is 286. The number of likely N-dealkylation sites (tertiary alicyclic amines) is 1. The van der Waals surface area contributed by atoms with Gasteiger partial charge >= 0.3 is 6.03 Å². The first-order chi connectivity index (χ1) is 9.11. The van der Waals surface area contributed by atoms with Gasteiger partial charge in [0.2, 0.25) is 5.91 Å². The molecule has 6 nitrogen and oxygen atoms in total. The van der Waals surface area contributed by atoms with E-state index >= 15 is 0 Å². The minimum absolute atomic E-state index is 0.111. The van der Waals surface area contributed by atoms with Gasteiger partial charge in [-0.25, -0.2) is 4.79 Å². The van der Waals surface area contributed by atoms with Crippen molar-refractivity contribution in [2.24, 2.45) is 0 Å². The molecule has 0 aliphatic carbocycles. The van der Waals surface area contributed by atoms with Crippen molar-refractivity contribution in [1.82, 2.24) is 20.4 Å². The van der Waals surface area contributed by atoms with Crippen LogP contribution in [0, 0.1) is 0 Å². The molecule has 1 rings (SSSR count). The van der Waals surface area contributed by atoms with Gasteiger partial charge in [0.05, 0.1) is 6.54 Å². The van der Waals surface area contributed by atoms with E-state index in [0.29, 0.717) is 19.6 Å². The van der Waals surface area contributed by atoms with Crippen LogP contribution in [-0.2, 0) is 4.79 Å². The fraction of sp³-hybridized carbons (Fsp3) is 0.846. The third kappa shape index (κ3) is 6.42. The minimum Gasteiger partial charge on any atom is -0.342 e. The number of amides is 3. The normalized spacial score (nSPS) is 15.8.